The number of hydrogen-bond acceptors (Lipinski definition) is 2. The standard InChI is InChI=1S/C9H5BrCl2N2O/c10-9-6(11)3-5(4-7(9)12)14-8(15)1-2-13/h3-4H,1H2,(H,14,15). The Kier molecular flexibility index (Phi) is 4.40. The number of nitrogens with zero attached hydrogens (tertiary/aromatic N) is 1. The van der Waals surface area contributed by atoms with Crippen LogP contribution in [0.2, 0.25) is 10.0 Å². The van der Waals surface area contributed by atoms with Gasteiger partial charge in [0.25, 0.3) is 0 Å². The van der Waals surface area contributed by atoms with Gasteiger partial charge < -0.3 is 5.32 Å². The van der Waals surface area contributed by atoms with E-state index in [2.05, 4.69) is 21.2 Å². The van der Waals surface area contributed by atoms with Crippen LogP contribution in [0.25, 0.3) is 0 Å². The summed E-state index contributed by atoms with van der Waals surface area (Å²) >= 11 is 14.8. The van der Waals surface area contributed by atoms with Crippen molar-refractivity contribution in [2.24, 2.45) is 0 Å². The molecule has 0 bridgehead atoms. The molecule has 0 aliphatic carbocycles. The first-order valence-corrected chi connectivity index (χ1v) is 5.41. The van der Waals surface area contributed by atoms with Gasteiger partial charge in [-0.15, -0.1) is 0 Å². The molecule has 1 rings (SSSR count). The van der Waals surface area contributed by atoms with Crippen molar-refractivity contribution in [3.8, 4) is 6.07 Å². The third-order valence-electron chi connectivity index (χ3n) is 1.51. The lowest BCUT2D eigenvalue weighted by atomic mass is 10.3. The second kappa shape index (κ2) is 5.36. The molecule has 0 aromatic heterocycles. The third-order valence-corrected chi connectivity index (χ3v) is 3.41. The van der Waals surface area contributed by atoms with E-state index in [0.717, 1.165) is 0 Å². The van der Waals surface area contributed by atoms with Crippen LogP contribution in [-0.4, -0.2) is 5.91 Å². The lowest BCUT2D eigenvalue weighted by Gasteiger charge is -2.06. The summed E-state index contributed by atoms with van der Waals surface area (Å²) in [4.78, 5) is 11.1. The molecule has 0 aliphatic heterocycles. The molecule has 0 aliphatic rings. The van der Waals surface area contributed by atoms with Crippen LogP contribution in [-0.2, 0) is 4.79 Å². The van der Waals surface area contributed by atoms with Crippen molar-refractivity contribution in [2.75, 3.05) is 5.32 Å². The minimum absolute atomic E-state index is 0.203. The van der Waals surface area contributed by atoms with Crippen molar-refractivity contribution in [1.82, 2.24) is 0 Å². The van der Waals surface area contributed by atoms with E-state index in [1.807, 2.05) is 0 Å². The number of amides is 1. The molecule has 0 atom stereocenters. The van der Waals surface area contributed by atoms with Gasteiger partial charge in [0.15, 0.2) is 0 Å². The maximum atomic E-state index is 11.1. The van der Waals surface area contributed by atoms with E-state index in [1.165, 1.54) is 0 Å². The fraction of sp³-hybridized carbons (Fsp3) is 0.111. The highest BCUT2D eigenvalue weighted by atomic mass is 79.9. The van der Waals surface area contributed by atoms with E-state index in [1.54, 1.807) is 18.2 Å². The third kappa shape index (κ3) is 3.38. The average Bonchev–Trinajstić information content (AvgIpc) is 2.14. The van der Waals surface area contributed by atoms with Gasteiger partial charge in [-0.25, -0.2) is 0 Å². The van der Waals surface area contributed by atoms with Crippen LogP contribution in [0.5, 0.6) is 0 Å². The summed E-state index contributed by atoms with van der Waals surface area (Å²) in [6.07, 6.45) is -0.203. The fourth-order valence-electron chi connectivity index (χ4n) is 0.905. The normalized spacial score (nSPS) is 9.47. The number of nitrogens with one attached hydrogen (secondary N) is 1. The summed E-state index contributed by atoms with van der Waals surface area (Å²) in [5, 5.41) is 11.6. The van der Waals surface area contributed by atoms with Crippen molar-refractivity contribution in [3.63, 3.8) is 0 Å². The fourth-order valence-corrected chi connectivity index (χ4v) is 1.62. The van der Waals surface area contributed by atoms with Crippen molar-refractivity contribution in [1.29, 1.82) is 5.26 Å². The molecular weight excluding hydrogens is 303 g/mol. The summed E-state index contributed by atoms with van der Waals surface area (Å²) in [5.41, 5.74) is 0.466. The molecule has 0 saturated carbocycles. The van der Waals surface area contributed by atoms with Gasteiger partial charge in [0, 0.05) is 5.69 Å². The van der Waals surface area contributed by atoms with Crippen molar-refractivity contribution >= 4 is 50.7 Å². The Morgan fingerprint density at radius 1 is 1.47 bits per heavy atom. The molecule has 78 valence electrons. The summed E-state index contributed by atoms with van der Waals surface area (Å²) in [7, 11) is 0. The molecule has 6 heteroatoms. The molecular formula is C9H5BrCl2N2O. The summed E-state index contributed by atoms with van der Waals surface area (Å²) in [5.74, 6) is -0.396. The highest BCUT2D eigenvalue weighted by Crippen LogP contribution is 2.33. The molecule has 1 aromatic carbocycles. The molecule has 0 spiro atoms. The topological polar surface area (TPSA) is 52.9 Å². The van der Waals surface area contributed by atoms with Gasteiger partial charge in [-0.2, -0.15) is 5.26 Å². The molecule has 0 unspecified atom stereocenters. The number of nitriles is 1. The molecule has 0 saturated heterocycles. The SMILES string of the molecule is N#CCC(=O)Nc1cc(Cl)c(Br)c(Cl)c1. The lowest BCUT2D eigenvalue weighted by Crippen LogP contribution is -2.10. The minimum atomic E-state index is -0.396. The van der Waals surface area contributed by atoms with Crippen molar-refractivity contribution in [2.45, 2.75) is 6.42 Å². The Morgan fingerprint density at radius 2 is 2.00 bits per heavy atom. The Hall–Kier alpha value is -0.760. The van der Waals surface area contributed by atoms with Crippen LogP contribution < -0.4 is 5.32 Å². The second-order valence-electron chi connectivity index (χ2n) is 2.64. The monoisotopic (exact) mass is 306 g/mol. The second-order valence-corrected chi connectivity index (χ2v) is 4.24. The highest BCUT2D eigenvalue weighted by Gasteiger charge is 2.07. The first kappa shape index (κ1) is 12.3. The maximum absolute atomic E-state index is 11.1. The summed E-state index contributed by atoms with van der Waals surface area (Å²) < 4.78 is 0.573. The van der Waals surface area contributed by atoms with Gasteiger partial charge in [-0.3, -0.25) is 4.79 Å². The number of benzene rings is 1. The first-order chi connectivity index (χ1) is 7.04. The van der Waals surface area contributed by atoms with Gasteiger partial charge in [0.1, 0.15) is 6.42 Å². The maximum Gasteiger partial charge on any atom is 0.238 e. The number of anilines is 1. The molecule has 3 nitrogen and oxygen atoms in total. The van der Waals surface area contributed by atoms with E-state index < -0.39 is 5.91 Å². The molecule has 0 fully saturated rings. The predicted octanol–water partition coefficient (Wildman–Crippen LogP) is 3.61. The molecule has 0 heterocycles. The number of rotatable bonds is 2. The Labute approximate surface area is 105 Å². The largest absolute Gasteiger partial charge is 0.325 e. The van der Waals surface area contributed by atoms with Gasteiger partial charge in [-0.1, -0.05) is 23.2 Å². The van der Waals surface area contributed by atoms with E-state index >= 15 is 0 Å². The number of carbonyl (C=O) groups is 1. The lowest BCUT2D eigenvalue weighted by molar-refractivity contribution is -0.115. The Morgan fingerprint density at radius 3 is 2.47 bits per heavy atom. The molecule has 1 aromatic rings. The van der Waals surface area contributed by atoms with Gasteiger partial charge in [-0.05, 0) is 28.1 Å². The molecule has 15 heavy (non-hydrogen) atoms. The zero-order valence-corrected chi connectivity index (χ0v) is 10.4. The highest BCUT2D eigenvalue weighted by molar-refractivity contribution is 9.10. The van der Waals surface area contributed by atoms with Crippen LogP contribution in [0.3, 0.4) is 0 Å². The zero-order chi connectivity index (χ0) is 11.4. The predicted molar refractivity (Wildman–Crippen MR) is 63.0 cm³/mol. The van der Waals surface area contributed by atoms with E-state index in [9.17, 15) is 4.79 Å². The van der Waals surface area contributed by atoms with Crippen molar-refractivity contribution < 1.29 is 4.79 Å². The average molecular weight is 308 g/mol. The zero-order valence-electron chi connectivity index (χ0n) is 7.35. The summed E-state index contributed by atoms with van der Waals surface area (Å²) in [6.45, 7) is 0. The van der Waals surface area contributed by atoms with Crippen LogP contribution in [0.1, 0.15) is 6.42 Å². The van der Waals surface area contributed by atoms with E-state index in [0.29, 0.717) is 20.2 Å². The quantitative estimate of drug-likeness (QED) is 0.849. The Balaban J connectivity index is 2.89. The Bertz CT molecular complexity index is 419. The van der Waals surface area contributed by atoms with Crippen LogP contribution in [0, 0.1) is 11.3 Å². The van der Waals surface area contributed by atoms with Gasteiger partial charge >= 0.3 is 0 Å². The smallest absolute Gasteiger partial charge is 0.238 e. The molecule has 0 radical (unpaired) electrons. The number of halogens is 3. The van der Waals surface area contributed by atoms with Crippen LogP contribution in [0.15, 0.2) is 16.6 Å². The molecule has 1 N–H and O–H groups in total. The van der Waals surface area contributed by atoms with E-state index in [-0.39, 0.29) is 6.42 Å². The number of hydrogen-bond donors (Lipinski definition) is 1. The van der Waals surface area contributed by atoms with E-state index in [4.69, 9.17) is 28.5 Å². The minimum Gasteiger partial charge on any atom is -0.325 e. The number of carbonyl (C=O) groups excluding carboxylic acids is 1. The summed E-state index contributed by atoms with van der Waals surface area (Å²) in [6, 6.07) is 4.84. The first-order valence-electron chi connectivity index (χ1n) is 3.86. The van der Waals surface area contributed by atoms with Crippen molar-refractivity contribution in [3.05, 3.63) is 26.7 Å². The van der Waals surface area contributed by atoms with Gasteiger partial charge in [0.05, 0.1) is 20.6 Å². The van der Waals surface area contributed by atoms with Gasteiger partial charge in [0.2, 0.25) is 5.91 Å². The van der Waals surface area contributed by atoms with Crippen LogP contribution in [0.4, 0.5) is 5.69 Å². The molecule has 1 amide bonds. The van der Waals surface area contributed by atoms with Crippen LogP contribution >= 0.6 is 39.1 Å².